The van der Waals surface area contributed by atoms with Crippen molar-refractivity contribution in [3.63, 3.8) is 0 Å². The summed E-state index contributed by atoms with van der Waals surface area (Å²) in [6.45, 7) is 0. The minimum absolute atomic E-state index is 0.0189. The van der Waals surface area contributed by atoms with E-state index in [1.165, 1.54) is 19.2 Å². The highest BCUT2D eigenvalue weighted by Gasteiger charge is 2.17. The second-order valence-electron chi connectivity index (χ2n) is 2.60. The Morgan fingerprint density at radius 1 is 1.60 bits per heavy atom. The van der Waals surface area contributed by atoms with Gasteiger partial charge in [-0.15, -0.1) is 0 Å². The Kier molecular flexibility index (Phi) is 3.42. The van der Waals surface area contributed by atoms with Crippen LogP contribution in [-0.2, 0) is 4.74 Å². The molecule has 76 valence electrons. The molecule has 0 saturated carbocycles. The van der Waals surface area contributed by atoms with E-state index in [4.69, 9.17) is 16.9 Å². The van der Waals surface area contributed by atoms with Crippen LogP contribution in [0.4, 0.5) is 0 Å². The molecule has 0 spiro atoms. The van der Waals surface area contributed by atoms with Crippen LogP contribution in [0.5, 0.6) is 0 Å². The second kappa shape index (κ2) is 4.58. The molecule has 1 aromatic carbocycles. The van der Waals surface area contributed by atoms with Gasteiger partial charge in [0.05, 0.1) is 23.3 Å². The second-order valence-corrected chi connectivity index (χ2v) is 3.01. The summed E-state index contributed by atoms with van der Waals surface area (Å²) in [6, 6.07) is 4.48. The Balaban J connectivity index is 3.50. The number of benzene rings is 1. The van der Waals surface area contributed by atoms with E-state index in [0.29, 0.717) is 6.29 Å². The van der Waals surface area contributed by atoms with E-state index in [1.807, 2.05) is 0 Å². The number of nitriles is 1. The number of hydrogen-bond acceptors (Lipinski definition) is 4. The van der Waals surface area contributed by atoms with Gasteiger partial charge in [0.15, 0.2) is 6.29 Å². The van der Waals surface area contributed by atoms with E-state index >= 15 is 0 Å². The molecule has 15 heavy (non-hydrogen) atoms. The summed E-state index contributed by atoms with van der Waals surface area (Å²) in [6.07, 6.45) is 0.413. The zero-order chi connectivity index (χ0) is 11.4. The first-order chi connectivity index (χ1) is 7.15. The first-order valence-corrected chi connectivity index (χ1v) is 4.29. The van der Waals surface area contributed by atoms with Gasteiger partial charge in [-0.25, -0.2) is 4.79 Å². The zero-order valence-corrected chi connectivity index (χ0v) is 8.54. The topological polar surface area (TPSA) is 67.2 Å². The molecule has 0 aromatic heterocycles. The smallest absolute Gasteiger partial charge is 0.338 e. The van der Waals surface area contributed by atoms with E-state index in [-0.39, 0.29) is 21.7 Å². The third kappa shape index (κ3) is 1.97. The number of rotatable bonds is 2. The van der Waals surface area contributed by atoms with Crippen molar-refractivity contribution in [3.05, 3.63) is 33.8 Å². The van der Waals surface area contributed by atoms with Crippen LogP contribution in [0, 0.1) is 11.3 Å². The SMILES string of the molecule is COC(=O)c1ccc(Cl)c(C#N)c1C=O. The van der Waals surface area contributed by atoms with Crippen LogP contribution in [0.2, 0.25) is 5.02 Å². The van der Waals surface area contributed by atoms with Crippen molar-refractivity contribution < 1.29 is 14.3 Å². The van der Waals surface area contributed by atoms with Crippen LogP contribution in [0.15, 0.2) is 12.1 Å². The minimum atomic E-state index is -0.676. The molecule has 0 atom stereocenters. The molecule has 0 heterocycles. The molecule has 0 unspecified atom stereocenters. The van der Waals surface area contributed by atoms with Crippen molar-refractivity contribution in [1.82, 2.24) is 0 Å². The number of ether oxygens (including phenoxy) is 1. The van der Waals surface area contributed by atoms with Crippen LogP contribution in [0.3, 0.4) is 0 Å². The molecule has 1 aromatic rings. The average molecular weight is 224 g/mol. The molecule has 0 aliphatic heterocycles. The number of carbonyl (C=O) groups excluding carboxylic acids is 2. The normalized spacial score (nSPS) is 9.13. The average Bonchev–Trinajstić information content (AvgIpc) is 2.27. The maximum absolute atomic E-state index is 11.2. The zero-order valence-electron chi connectivity index (χ0n) is 7.78. The van der Waals surface area contributed by atoms with Crippen LogP contribution in [0.25, 0.3) is 0 Å². The summed E-state index contributed by atoms with van der Waals surface area (Å²) in [5.74, 6) is -0.676. The molecular weight excluding hydrogens is 218 g/mol. The quantitative estimate of drug-likeness (QED) is 0.567. The lowest BCUT2D eigenvalue weighted by Crippen LogP contribution is -2.07. The highest BCUT2D eigenvalue weighted by Crippen LogP contribution is 2.22. The van der Waals surface area contributed by atoms with Gasteiger partial charge in [-0.2, -0.15) is 5.26 Å². The fraction of sp³-hybridized carbons (Fsp3) is 0.100. The number of hydrogen-bond donors (Lipinski definition) is 0. The Morgan fingerprint density at radius 2 is 2.27 bits per heavy atom. The van der Waals surface area contributed by atoms with Gasteiger partial charge in [-0.1, -0.05) is 11.6 Å². The van der Waals surface area contributed by atoms with Crippen molar-refractivity contribution in [2.75, 3.05) is 7.11 Å². The molecule has 0 fully saturated rings. The van der Waals surface area contributed by atoms with E-state index in [9.17, 15) is 9.59 Å². The molecular formula is C10H6ClNO3. The summed E-state index contributed by atoms with van der Waals surface area (Å²) >= 11 is 5.69. The van der Waals surface area contributed by atoms with Crippen LogP contribution in [-0.4, -0.2) is 19.4 Å². The molecule has 0 amide bonds. The molecule has 0 saturated heterocycles. The summed E-state index contributed by atoms with van der Waals surface area (Å²) in [5.41, 5.74) is -0.0279. The summed E-state index contributed by atoms with van der Waals surface area (Å²) < 4.78 is 4.47. The first-order valence-electron chi connectivity index (χ1n) is 3.91. The Bertz CT molecular complexity index is 462. The van der Waals surface area contributed by atoms with Gasteiger partial charge < -0.3 is 4.74 Å². The monoisotopic (exact) mass is 223 g/mol. The lowest BCUT2D eigenvalue weighted by atomic mass is 10.0. The molecule has 0 aliphatic rings. The van der Waals surface area contributed by atoms with Gasteiger partial charge in [-0.05, 0) is 12.1 Å². The predicted octanol–water partition coefficient (Wildman–Crippen LogP) is 1.81. The number of nitrogens with zero attached hydrogens (tertiary/aromatic N) is 1. The van der Waals surface area contributed by atoms with E-state index in [0.717, 1.165) is 0 Å². The summed E-state index contributed by atoms with van der Waals surface area (Å²) in [4.78, 5) is 22.0. The number of esters is 1. The maximum atomic E-state index is 11.2. The fourth-order valence-electron chi connectivity index (χ4n) is 1.12. The highest BCUT2D eigenvalue weighted by molar-refractivity contribution is 6.32. The van der Waals surface area contributed by atoms with Crippen molar-refractivity contribution in [2.45, 2.75) is 0 Å². The lowest BCUT2D eigenvalue weighted by molar-refractivity contribution is 0.0598. The van der Waals surface area contributed by atoms with E-state index in [2.05, 4.69) is 4.74 Å². The Labute approximate surface area is 91.0 Å². The maximum Gasteiger partial charge on any atom is 0.338 e. The summed E-state index contributed by atoms with van der Waals surface area (Å²) in [7, 11) is 1.19. The van der Waals surface area contributed by atoms with Gasteiger partial charge in [-0.3, -0.25) is 4.79 Å². The summed E-state index contributed by atoms with van der Waals surface area (Å²) in [5, 5.41) is 8.90. The van der Waals surface area contributed by atoms with Crippen LogP contribution < -0.4 is 0 Å². The molecule has 4 nitrogen and oxygen atoms in total. The van der Waals surface area contributed by atoms with Gasteiger partial charge in [0.25, 0.3) is 0 Å². The van der Waals surface area contributed by atoms with Crippen molar-refractivity contribution in [3.8, 4) is 6.07 Å². The molecule has 0 N–H and O–H groups in total. The van der Waals surface area contributed by atoms with Gasteiger partial charge >= 0.3 is 5.97 Å². The van der Waals surface area contributed by atoms with E-state index in [1.54, 1.807) is 6.07 Å². The standard InChI is InChI=1S/C10H6ClNO3/c1-15-10(14)6-2-3-9(11)7(4-12)8(6)5-13/h2-3,5H,1H3. The molecule has 0 radical (unpaired) electrons. The number of aldehydes is 1. The third-order valence-corrected chi connectivity index (χ3v) is 2.14. The fourth-order valence-corrected chi connectivity index (χ4v) is 1.32. The number of halogens is 1. The van der Waals surface area contributed by atoms with Gasteiger partial charge in [0.1, 0.15) is 6.07 Å². The number of methoxy groups -OCH3 is 1. The Morgan fingerprint density at radius 3 is 2.73 bits per heavy atom. The molecule has 5 heteroatoms. The van der Waals surface area contributed by atoms with Crippen molar-refractivity contribution >= 4 is 23.9 Å². The van der Waals surface area contributed by atoms with E-state index < -0.39 is 5.97 Å². The molecule has 0 bridgehead atoms. The van der Waals surface area contributed by atoms with Crippen LogP contribution >= 0.6 is 11.6 Å². The lowest BCUT2D eigenvalue weighted by Gasteiger charge is -2.05. The largest absolute Gasteiger partial charge is 0.465 e. The van der Waals surface area contributed by atoms with Crippen molar-refractivity contribution in [2.24, 2.45) is 0 Å². The molecule has 1 rings (SSSR count). The Hall–Kier alpha value is -1.86. The van der Waals surface area contributed by atoms with Crippen LogP contribution in [0.1, 0.15) is 26.3 Å². The predicted molar refractivity (Wildman–Crippen MR) is 52.9 cm³/mol. The van der Waals surface area contributed by atoms with Gasteiger partial charge in [0, 0.05) is 5.56 Å². The molecule has 0 aliphatic carbocycles. The highest BCUT2D eigenvalue weighted by atomic mass is 35.5. The third-order valence-electron chi connectivity index (χ3n) is 1.83. The number of carbonyl (C=O) groups is 2. The minimum Gasteiger partial charge on any atom is -0.465 e. The van der Waals surface area contributed by atoms with Crippen molar-refractivity contribution in [1.29, 1.82) is 5.26 Å². The first kappa shape index (κ1) is 11.2. The van der Waals surface area contributed by atoms with Gasteiger partial charge in [0.2, 0.25) is 0 Å².